The van der Waals surface area contributed by atoms with Crippen molar-refractivity contribution in [1.82, 2.24) is 15.2 Å². The van der Waals surface area contributed by atoms with Gasteiger partial charge in [-0.1, -0.05) is 18.2 Å². The molecule has 0 unspecified atom stereocenters. The monoisotopic (exact) mass is 421 g/mol. The number of pyridine rings is 1. The summed E-state index contributed by atoms with van der Waals surface area (Å²) >= 11 is 0. The van der Waals surface area contributed by atoms with Crippen molar-refractivity contribution in [1.29, 1.82) is 0 Å². The van der Waals surface area contributed by atoms with E-state index in [2.05, 4.69) is 35.1 Å². The van der Waals surface area contributed by atoms with Gasteiger partial charge in [-0.25, -0.2) is 0 Å². The molecule has 0 saturated heterocycles. The van der Waals surface area contributed by atoms with Gasteiger partial charge in [0.1, 0.15) is 11.4 Å². The van der Waals surface area contributed by atoms with Crippen molar-refractivity contribution in [2.75, 3.05) is 7.11 Å². The number of fused-ring (bicyclic) bond motifs is 1. The zero-order chi connectivity index (χ0) is 22.0. The van der Waals surface area contributed by atoms with Crippen molar-refractivity contribution < 1.29 is 14.3 Å². The van der Waals surface area contributed by atoms with Crippen molar-refractivity contribution in [2.45, 2.75) is 51.0 Å². The number of benzene rings is 1. The Balaban J connectivity index is 1.67. The molecule has 7 heteroatoms. The molecule has 2 N–H and O–H groups in total. The summed E-state index contributed by atoms with van der Waals surface area (Å²) in [6.45, 7) is 4.20. The molecule has 3 heterocycles. The number of carbonyl (C=O) groups is 1. The van der Waals surface area contributed by atoms with Gasteiger partial charge in [0.15, 0.2) is 0 Å². The Morgan fingerprint density at radius 3 is 2.87 bits per heavy atom. The quantitative estimate of drug-likeness (QED) is 0.594. The third-order valence-corrected chi connectivity index (χ3v) is 5.82. The molecule has 31 heavy (non-hydrogen) atoms. The Kier molecular flexibility index (Phi) is 5.67. The van der Waals surface area contributed by atoms with Crippen LogP contribution in [0, 0.1) is 0 Å². The molecule has 0 amide bonds. The maximum absolute atomic E-state index is 12.7. The minimum absolute atomic E-state index is 0.0588. The summed E-state index contributed by atoms with van der Waals surface area (Å²) in [5.41, 5.74) is 3.93. The lowest BCUT2D eigenvalue weighted by molar-refractivity contribution is -0.140. The van der Waals surface area contributed by atoms with E-state index in [9.17, 15) is 9.59 Å². The average Bonchev–Trinajstić information content (AvgIpc) is 3.11. The molecule has 0 aliphatic carbocycles. The number of aromatic amines is 2. The molecule has 0 spiro atoms. The number of aryl methyl sites for hydroxylation is 1. The molecular weight excluding hydrogens is 394 g/mol. The van der Waals surface area contributed by atoms with Crippen molar-refractivity contribution >= 4 is 5.97 Å². The lowest BCUT2D eigenvalue weighted by Gasteiger charge is -2.32. The maximum Gasteiger partial charge on any atom is 0.306 e. The molecule has 0 bridgehead atoms. The SMILES string of the molecule is COC(=O)C[C@H](c1cccnc1)c1c(Cc2ccc3c(c2)CCC(C)(C)O3)[nH][nH]c1=O. The number of nitrogens with one attached hydrogen (secondary N) is 2. The number of carbonyl (C=O) groups excluding carboxylic acids is 1. The highest BCUT2D eigenvalue weighted by molar-refractivity contribution is 5.71. The van der Waals surface area contributed by atoms with Gasteiger partial charge in [-0.2, -0.15) is 0 Å². The van der Waals surface area contributed by atoms with Gasteiger partial charge in [-0.05, 0) is 55.5 Å². The molecule has 1 aromatic carbocycles. The second kappa shape index (κ2) is 8.41. The molecule has 1 aliphatic heterocycles. The van der Waals surface area contributed by atoms with E-state index in [0.717, 1.165) is 35.4 Å². The predicted molar refractivity (Wildman–Crippen MR) is 116 cm³/mol. The lowest BCUT2D eigenvalue weighted by Crippen LogP contribution is -2.32. The Bertz CT molecular complexity index is 1130. The first-order valence-electron chi connectivity index (χ1n) is 10.4. The highest BCUT2D eigenvalue weighted by atomic mass is 16.5. The molecule has 162 valence electrons. The van der Waals surface area contributed by atoms with Gasteiger partial charge in [0.05, 0.1) is 13.5 Å². The first-order valence-corrected chi connectivity index (χ1v) is 10.4. The first kappa shape index (κ1) is 20.9. The van der Waals surface area contributed by atoms with Gasteiger partial charge in [0, 0.05) is 36.0 Å². The Morgan fingerprint density at radius 1 is 1.29 bits per heavy atom. The van der Waals surface area contributed by atoms with E-state index >= 15 is 0 Å². The van der Waals surface area contributed by atoms with Crippen LogP contribution in [0.1, 0.15) is 60.6 Å². The van der Waals surface area contributed by atoms with Crippen LogP contribution in [0.25, 0.3) is 0 Å². The number of methoxy groups -OCH3 is 1. The van der Waals surface area contributed by atoms with Crippen LogP contribution in [-0.4, -0.2) is 33.9 Å². The molecule has 3 aromatic rings. The number of aromatic nitrogens is 3. The minimum atomic E-state index is -0.451. The predicted octanol–water partition coefficient (Wildman–Crippen LogP) is 3.49. The summed E-state index contributed by atoms with van der Waals surface area (Å²) in [5, 5.41) is 5.71. The standard InChI is InChI=1S/C24H27N3O4/c1-24(2)9-8-16-11-15(6-7-20(16)31-24)12-19-22(23(29)27-26-19)18(13-21(28)30-3)17-5-4-10-25-14-17/h4-7,10-11,14,18H,8-9,12-13H2,1-3H3,(H2,26,27,29)/t18-/m1/s1. The number of rotatable bonds is 6. The van der Waals surface area contributed by atoms with Crippen LogP contribution in [0.3, 0.4) is 0 Å². The van der Waals surface area contributed by atoms with Crippen LogP contribution >= 0.6 is 0 Å². The third kappa shape index (κ3) is 4.55. The highest BCUT2D eigenvalue weighted by Crippen LogP contribution is 2.34. The van der Waals surface area contributed by atoms with Crippen molar-refractivity contribution in [3.05, 3.63) is 81.0 Å². The topological polar surface area (TPSA) is 97.1 Å². The summed E-state index contributed by atoms with van der Waals surface area (Å²) in [7, 11) is 1.35. The fraction of sp³-hybridized carbons (Fsp3) is 0.375. The van der Waals surface area contributed by atoms with E-state index in [1.807, 2.05) is 18.2 Å². The Labute approximate surface area is 180 Å². The molecule has 7 nitrogen and oxygen atoms in total. The number of hydrogen-bond donors (Lipinski definition) is 2. The normalized spacial score (nSPS) is 15.6. The summed E-state index contributed by atoms with van der Waals surface area (Å²) < 4.78 is 11.0. The second-order valence-electron chi connectivity index (χ2n) is 8.57. The van der Waals surface area contributed by atoms with Gasteiger partial charge >= 0.3 is 5.97 Å². The van der Waals surface area contributed by atoms with Crippen LogP contribution in [0.15, 0.2) is 47.5 Å². The summed E-state index contributed by atoms with van der Waals surface area (Å²) in [6.07, 6.45) is 5.84. The molecule has 2 aromatic heterocycles. The third-order valence-electron chi connectivity index (χ3n) is 5.82. The molecule has 4 rings (SSSR count). The van der Waals surface area contributed by atoms with Crippen molar-refractivity contribution in [2.24, 2.45) is 0 Å². The smallest absolute Gasteiger partial charge is 0.306 e. The summed E-state index contributed by atoms with van der Waals surface area (Å²) in [5.74, 6) is 0.0866. The molecule has 1 atom stereocenters. The maximum atomic E-state index is 12.7. The second-order valence-corrected chi connectivity index (χ2v) is 8.57. The van der Waals surface area contributed by atoms with Crippen LogP contribution in [0.4, 0.5) is 0 Å². The van der Waals surface area contributed by atoms with Crippen molar-refractivity contribution in [3.63, 3.8) is 0 Å². The van der Waals surface area contributed by atoms with E-state index in [1.165, 1.54) is 12.7 Å². The Morgan fingerprint density at radius 2 is 2.13 bits per heavy atom. The molecular formula is C24H27N3O4. The first-order chi connectivity index (χ1) is 14.9. The van der Waals surface area contributed by atoms with E-state index in [4.69, 9.17) is 9.47 Å². The van der Waals surface area contributed by atoms with Gasteiger partial charge in [0.25, 0.3) is 5.56 Å². The Hall–Kier alpha value is -3.35. The zero-order valence-corrected chi connectivity index (χ0v) is 18.0. The zero-order valence-electron chi connectivity index (χ0n) is 18.0. The molecule has 0 radical (unpaired) electrons. The number of nitrogens with zero attached hydrogens (tertiary/aromatic N) is 1. The summed E-state index contributed by atoms with van der Waals surface area (Å²) in [6, 6.07) is 9.83. The van der Waals surface area contributed by atoms with Crippen LogP contribution in [-0.2, 0) is 22.4 Å². The fourth-order valence-electron chi connectivity index (χ4n) is 4.16. The number of H-pyrrole nitrogens is 2. The van der Waals surface area contributed by atoms with Gasteiger partial charge < -0.3 is 14.6 Å². The number of esters is 1. The summed E-state index contributed by atoms with van der Waals surface area (Å²) in [4.78, 5) is 29.0. The number of ether oxygens (including phenoxy) is 2. The van der Waals surface area contributed by atoms with Gasteiger partial charge in [-0.3, -0.25) is 19.7 Å². The van der Waals surface area contributed by atoms with Crippen LogP contribution < -0.4 is 10.3 Å². The average molecular weight is 421 g/mol. The largest absolute Gasteiger partial charge is 0.488 e. The van der Waals surface area contributed by atoms with Gasteiger partial charge in [0.2, 0.25) is 0 Å². The molecule has 0 saturated carbocycles. The van der Waals surface area contributed by atoms with E-state index in [1.54, 1.807) is 18.5 Å². The number of hydrogen-bond acceptors (Lipinski definition) is 5. The fourth-order valence-corrected chi connectivity index (χ4v) is 4.16. The van der Waals surface area contributed by atoms with Gasteiger partial charge in [-0.15, -0.1) is 0 Å². The van der Waals surface area contributed by atoms with Crippen molar-refractivity contribution in [3.8, 4) is 5.75 Å². The molecule has 0 fully saturated rings. The van der Waals surface area contributed by atoms with Crippen LogP contribution in [0.5, 0.6) is 5.75 Å². The highest BCUT2D eigenvalue weighted by Gasteiger charge is 2.28. The molecule has 1 aliphatic rings. The van der Waals surface area contributed by atoms with E-state index in [0.29, 0.717) is 12.0 Å². The minimum Gasteiger partial charge on any atom is -0.488 e. The van der Waals surface area contributed by atoms with Crippen LogP contribution in [0.2, 0.25) is 0 Å². The lowest BCUT2D eigenvalue weighted by atomic mass is 9.87. The van der Waals surface area contributed by atoms with E-state index in [-0.39, 0.29) is 23.6 Å². The van der Waals surface area contributed by atoms with E-state index < -0.39 is 5.92 Å².